The molecule has 2 rings (SSSR count). The molecule has 0 atom stereocenters. The summed E-state index contributed by atoms with van der Waals surface area (Å²) in [5.74, 6) is 0.220. The first-order chi connectivity index (χ1) is 9.06. The van der Waals surface area contributed by atoms with E-state index in [0.29, 0.717) is 16.1 Å². The number of hydrogen-bond acceptors (Lipinski definition) is 5. The van der Waals surface area contributed by atoms with Gasteiger partial charge < -0.3 is 10.6 Å². The van der Waals surface area contributed by atoms with Crippen molar-refractivity contribution >= 4 is 44.0 Å². The fraction of sp³-hybridized carbons (Fsp3) is 0.250. The zero-order valence-electron chi connectivity index (χ0n) is 10.5. The standard InChI is InChI=1S/C12H13BrN4OS/c1-7(2)15-12-10(14-6-19-12)11(18)17-9-5-3-4-8(13)16-9/h3-7,15H,1-2H3,(H,16,17,18). The van der Waals surface area contributed by atoms with Crippen LogP contribution in [0.3, 0.4) is 0 Å². The Morgan fingerprint density at radius 3 is 2.89 bits per heavy atom. The second kappa shape index (κ2) is 6.12. The van der Waals surface area contributed by atoms with Crippen molar-refractivity contribution in [3.63, 3.8) is 0 Å². The first-order valence-corrected chi connectivity index (χ1v) is 7.37. The van der Waals surface area contributed by atoms with Gasteiger partial charge in [0.1, 0.15) is 15.4 Å². The Kier molecular flexibility index (Phi) is 4.49. The van der Waals surface area contributed by atoms with E-state index < -0.39 is 0 Å². The van der Waals surface area contributed by atoms with Crippen LogP contribution in [-0.2, 0) is 0 Å². The van der Waals surface area contributed by atoms with E-state index in [-0.39, 0.29) is 11.9 Å². The van der Waals surface area contributed by atoms with Crippen LogP contribution in [-0.4, -0.2) is 21.9 Å². The van der Waals surface area contributed by atoms with Crippen molar-refractivity contribution in [3.05, 3.63) is 34.0 Å². The molecule has 0 saturated heterocycles. The highest BCUT2D eigenvalue weighted by Gasteiger charge is 2.16. The van der Waals surface area contributed by atoms with Crippen LogP contribution in [0, 0.1) is 0 Å². The summed E-state index contributed by atoms with van der Waals surface area (Å²) in [5.41, 5.74) is 2.04. The Hall–Kier alpha value is -1.47. The van der Waals surface area contributed by atoms with Crippen LogP contribution in [0.15, 0.2) is 28.3 Å². The molecule has 2 heterocycles. The van der Waals surface area contributed by atoms with Crippen LogP contribution in [0.4, 0.5) is 10.8 Å². The minimum absolute atomic E-state index is 0.246. The van der Waals surface area contributed by atoms with Gasteiger partial charge in [-0.2, -0.15) is 0 Å². The summed E-state index contributed by atoms with van der Waals surface area (Å²) in [6, 6.07) is 5.58. The van der Waals surface area contributed by atoms with E-state index in [0.717, 1.165) is 5.00 Å². The summed E-state index contributed by atoms with van der Waals surface area (Å²) >= 11 is 4.67. The van der Waals surface area contributed by atoms with Gasteiger partial charge in [0.25, 0.3) is 5.91 Å². The number of aromatic nitrogens is 2. The van der Waals surface area contributed by atoms with Crippen molar-refractivity contribution in [1.82, 2.24) is 9.97 Å². The number of pyridine rings is 1. The molecule has 0 aliphatic heterocycles. The average Bonchev–Trinajstić information content (AvgIpc) is 2.76. The maximum atomic E-state index is 12.1. The van der Waals surface area contributed by atoms with Gasteiger partial charge in [-0.25, -0.2) is 9.97 Å². The molecule has 19 heavy (non-hydrogen) atoms. The largest absolute Gasteiger partial charge is 0.373 e. The maximum Gasteiger partial charge on any atom is 0.278 e. The van der Waals surface area contributed by atoms with E-state index in [9.17, 15) is 4.79 Å². The Labute approximate surface area is 123 Å². The van der Waals surface area contributed by atoms with Crippen molar-refractivity contribution < 1.29 is 4.79 Å². The quantitative estimate of drug-likeness (QED) is 0.837. The third kappa shape index (κ3) is 3.74. The van der Waals surface area contributed by atoms with Gasteiger partial charge in [-0.05, 0) is 41.9 Å². The lowest BCUT2D eigenvalue weighted by Crippen LogP contribution is -2.17. The van der Waals surface area contributed by atoms with Crippen molar-refractivity contribution in [2.24, 2.45) is 0 Å². The molecule has 100 valence electrons. The number of carbonyl (C=O) groups excluding carboxylic acids is 1. The Morgan fingerprint density at radius 1 is 1.42 bits per heavy atom. The van der Waals surface area contributed by atoms with Crippen molar-refractivity contribution in [2.75, 3.05) is 10.6 Å². The second-order valence-corrected chi connectivity index (χ2v) is 5.80. The highest BCUT2D eigenvalue weighted by Crippen LogP contribution is 2.22. The van der Waals surface area contributed by atoms with E-state index in [1.807, 2.05) is 13.8 Å². The zero-order chi connectivity index (χ0) is 13.8. The minimum Gasteiger partial charge on any atom is -0.373 e. The summed E-state index contributed by atoms with van der Waals surface area (Å²) in [6.45, 7) is 4.02. The SMILES string of the molecule is CC(C)Nc1scnc1C(=O)Nc1cccc(Br)n1. The molecular formula is C12H13BrN4OS. The van der Waals surface area contributed by atoms with Gasteiger partial charge in [0.2, 0.25) is 0 Å². The van der Waals surface area contributed by atoms with Gasteiger partial charge in [-0.1, -0.05) is 6.07 Å². The van der Waals surface area contributed by atoms with Gasteiger partial charge in [0.05, 0.1) is 5.51 Å². The van der Waals surface area contributed by atoms with Crippen LogP contribution < -0.4 is 10.6 Å². The van der Waals surface area contributed by atoms with Crippen LogP contribution >= 0.6 is 27.3 Å². The highest BCUT2D eigenvalue weighted by atomic mass is 79.9. The molecule has 0 bridgehead atoms. The first-order valence-electron chi connectivity index (χ1n) is 5.70. The molecule has 0 saturated carbocycles. The Morgan fingerprint density at radius 2 is 2.21 bits per heavy atom. The van der Waals surface area contributed by atoms with Crippen molar-refractivity contribution in [1.29, 1.82) is 0 Å². The molecule has 5 nitrogen and oxygen atoms in total. The topological polar surface area (TPSA) is 66.9 Å². The third-order valence-corrected chi connectivity index (χ3v) is 3.36. The average molecular weight is 341 g/mol. The predicted molar refractivity (Wildman–Crippen MR) is 80.8 cm³/mol. The van der Waals surface area contributed by atoms with E-state index in [1.165, 1.54) is 11.3 Å². The lowest BCUT2D eigenvalue weighted by Gasteiger charge is -2.09. The predicted octanol–water partition coefficient (Wildman–Crippen LogP) is 3.37. The van der Waals surface area contributed by atoms with Crippen LogP contribution in [0.5, 0.6) is 0 Å². The Bertz CT molecular complexity index is 585. The number of hydrogen-bond donors (Lipinski definition) is 2. The fourth-order valence-electron chi connectivity index (χ4n) is 1.43. The van der Waals surface area contributed by atoms with Crippen molar-refractivity contribution in [2.45, 2.75) is 19.9 Å². The molecule has 0 spiro atoms. The summed E-state index contributed by atoms with van der Waals surface area (Å²) in [4.78, 5) is 20.4. The molecule has 0 aliphatic carbocycles. The monoisotopic (exact) mass is 340 g/mol. The smallest absolute Gasteiger partial charge is 0.278 e. The van der Waals surface area contributed by atoms with Gasteiger partial charge in [-0.15, -0.1) is 11.3 Å². The molecule has 2 aromatic rings. The number of nitrogens with zero attached hydrogens (tertiary/aromatic N) is 2. The van der Waals surface area contributed by atoms with Crippen LogP contribution in [0.2, 0.25) is 0 Å². The number of nitrogens with one attached hydrogen (secondary N) is 2. The fourth-order valence-corrected chi connectivity index (χ4v) is 2.59. The van der Waals surface area contributed by atoms with Crippen LogP contribution in [0.25, 0.3) is 0 Å². The molecule has 2 N–H and O–H groups in total. The Balaban J connectivity index is 2.14. The summed E-state index contributed by atoms with van der Waals surface area (Å²) in [7, 11) is 0. The second-order valence-electron chi connectivity index (χ2n) is 4.13. The van der Waals surface area contributed by atoms with Crippen LogP contribution in [0.1, 0.15) is 24.3 Å². The maximum absolute atomic E-state index is 12.1. The molecule has 1 amide bonds. The van der Waals surface area contributed by atoms with E-state index >= 15 is 0 Å². The minimum atomic E-state index is -0.269. The molecule has 2 aromatic heterocycles. The lowest BCUT2D eigenvalue weighted by molar-refractivity contribution is 0.102. The normalized spacial score (nSPS) is 10.5. The number of thiazole rings is 1. The summed E-state index contributed by atoms with van der Waals surface area (Å²) < 4.78 is 0.670. The zero-order valence-corrected chi connectivity index (χ0v) is 12.9. The van der Waals surface area contributed by atoms with Gasteiger partial charge in [0.15, 0.2) is 5.69 Å². The summed E-state index contributed by atoms with van der Waals surface area (Å²) in [5, 5.41) is 6.69. The third-order valence-electron chi connectivity index (χ3n) is 2.16. The molecule has 7 heteroatoms. The molecule has 0 fully saturated rings. The van der Waals surface area contributed by atoms with Gasteiger partial charge >= 0.3 is 0 Å². The number of amides is 1. The molecule has 0 aliphatic rings. The van der Waals surface area contributed by atoms with E-state index in [4.69, 9.17) is 0 Å². The summed E-state index contributed by atoms with van der Waals surface area (Å²) in [6.07, 6.45) is 0. The number of halogens is 1. The molecule has 0 unspecified atom stereocenters. The van der Waals surface area contributed by atoms with Crippen molar-refractivity contribution in [3.8, 4) is 0 Å². The van der Waals surface area contributed by atoms with E-state index in [2.05, 4.69) is 36.5 Å². The van der Waals surface area contributed by atoms with Gasteiger partial charge in [0, 0.05) is 6.04 Å². The first kappa shape index (κ1) is 14.0. The van der Waals surface area contributed by atoms with Gasteiger partial charge in [-0.3, -0.25) is 4.79 Å². The highest BCUT2D eigenvalue weighted by molar-refractivity contribution is 9.10. The lowest BCUT2D eigenvalue weighted by atomic mass is 10.3. The van der Waals surface area contributed by atoms with E-state index in [1.54, 1.807) is 23.7 Å². The molecule has 0 aromatic carbocycles. The molecular weight excluding hydrogens is 328 g/mol. The molecule has 0 radical (unpaired) electrons. The number of carbonyl (C=O) groups is 1. The number of rotatable bonds is 4. The number of anilines is 2.